The maximum Gasteiger partial charge on any atom is 0.270 e. The van der Waals surface area contributed by atoms with E-state index in [4.69, 9.17) is 27.6 Å². The SMILES string of the molecule is Cc1nc(Nc2cccc(Cl)c2Cl)cc(C(=O)NCc2ccco2)n1. The molecule has 0 aliphatic carbocycles. The van der Waals surface area contributed by atoms with Crippen molar-refractivity contribution in [2.75, 3.05) is 5.32 Å². The molecule has 6 nitrogen and oxygen atoms in total. The lowest BCUT2D eigenvalue weighted by atomic mass is 10.3. The number of nitrogens with one attached hydrogen (secondary N) is 2. The van der Waals surface area contributed by atoms with Crippen molar-refractivity contribution in [1.29, 1.82) is 0 Å². The maximum absolute atomic E-state index is 12.3. The van der Waals surface area contributed by atoms with Crippen molar-refractivity contribution < 1.29 is 9.21 Å². The lowest BCUT2D eigenvalue weighted by Crippen LogP contribution is -2.24. The number of halogens is 2. The zero-order valence-electron chi connectivity index (χ0n) is 13.2. The second-order valence-corrected chi connectivity index (χ2v) is 5.96. The Labute approximate surface area is 154 Å². The van der Waals surface area contributed by atoms with Crippen LogP contribution in [0.1, 0.15) is 22.1 Å². The van der Waals surface area contributed by atoms with E-state index < -0.39 is 0 Å². The van der Waals surface area contributed by atoms with E-state index in [2.05, 4.69) is 20.6 Å². The number of rotatable bonds is 5. The summed E-state index contributed by atoms with van der Waals surface area (Å²) in [6.07, 6.45) is 1.55. The molecule has 2 N–H and O–H groups in total. The molecule has 8 heteroatoms. The van der Waals surface area contributed by atoms with Crippen LogP contribution in [0.5, 0.6) is 0 Å². The van der Waals surface area contributed by atoms with E-state index in [0.717, 1.165) is 0 Å². The molecular formula is C17H14Cl2N4O2. The Hall–Kier alpha value is -2.57. The Bertz CT molecular complexity index is 898. The van der Waals surface area contributed by atoms with E-state index in [1.807, 2.05) is 0 Å². The van der Waals surface area contributed by atoms with Crippen LogP contribution >= 0.6 is 23.2 Å². The average Bonchev–Trinajstić information content (AvgIpc) is 3.10. The van der Waals surface area contributed by atoms with E-state index in [0.29, 0.717) is 33.1 Å². The van der Waals surface area contributed by atoms with Crippen LogP contribution in [0.25, 0.3) is 0 Å². The highest BCUT2D eigenvalue weighted by Crippen LogP contribution is 2.31. The summed E-state index contributed by atoms with van der Waals surface area (Å²) in [5.74, 6) is 1.22. The summed E-state index contributed by atoms with van der Waals surface area (Å²) in [6, 6.07) is 10.3. The van der Waals surface area contributed by atoms with Gasteiger partial charge in [-0.15, -0.1) is 0 Å². The Morgan fingerprint density at radius 1 is 1.20 bits per heavy atom. The average molecular weight is 377 g/mol. The van der Waals surface area contributed by atoms with Crippen molar-refractivity contribution in [1.82, 2.24) is 15.3 Å². The van der Waals surface area contributed by atoms with Gasteiger partial charge in [-0.3, -0.25) is 4.79 Å². The third-order valence-corrected chi connectivity index (χ3v) is 4.11. The topological polar surface area (TPSA) is 80.0 Å². The lowest BCUT2D eigenvalue weighted by Gasteiger charge is -2.10. The molecule has 3 rings (SSSR count). The monoisotopic (exact) mass is 376 g/mol. The molecule has 1 amide bonds. The van der Waals surface area contributed by atoms with E-state index in [1.54, 1.807) is 49.6 Å². The van der Waals surface area contributed by atoms with Gasteiger partial charge in [0, 0.05) is 6.07 Å². The van der Waals surface area contributed by atoms with Gasteiger partial charge in [-0.2, -0.15) is 0 Å². The highest BCUT2D eigenvalue weighted by Gasteiger charge is 2.12. The molecule has 25 heavy (non-hydrogen) atoms. The molecule has 0 aliphatic heterocycles. The van der Waals surface area contributed by atoms with Gasteiger partial charge in [0.05, 0.1) is 28.5 Å². The lowest BCUT2D eigenvalue weighted by molar-refractivity contribution is 0.0942. The van der Waals surface area contributed by atoms with Crippen LogP contribution in [0.4, 0.5) is 11.5 Å². The van der Waals surface area contributed by atoms with Crippen molar-refractivity contribution in [2.24, 2.45) is 0 Å². The van der Waals surface area contributed by atoms with Crippen LogP contribution in [0.15, 0.2) is 47.1 Å². The molecule has 3 aromatic rings. The summed E-state index contributed by atoms with van der Waals surface area (Å²) < 4.78 is 5.18. The first-order valence-electron chi connectivity index (χ1n) is 7.40. The van der Waals surface area contributed by atoms with Gasteiger partial charge >= 0.3 is 0 Å². The number of carbonyl (C=O) groups excluding carboxylic acids is 1. The fourth-order valence-electron chi connectivity index (χ4n) is 2.16. The Morgan fingerprint density at radius 2 is 2.04 bits per heavy atom. The molecule has 0 spiro atoms. The van der Waals surface area contributed by atoms with E-state index >= 15 is 0 Å². The van der Waals surface area contributed by atoms with Crippen LogP contribution in [0.3, 0.4) is 0 Å². The number of aromatic nitrogens is 2. The van der Waals surface area contributed by atoms with Gasteiger partial charge in [0.1, 0.15) is 23.1 Å². The van der Waals surface area contributed by atoms with E-state index in [9.17, 15) is 4.79 Å². The van der Waals surface area contributed by atoms with Crippen molar-refractivity contribution in [2.45, 2.75) is 13.5 Å². The van der Waals surface area contributed by atoms with E-state index in [-0.39, 0.29) is 18.1 Å². The van der Waals surface area contributed by atoms with Crippen molar-refractivity contribution >= 4 is 40.6 Å². The molecule has 128 valence electrons. The Balaban J connectivity index is 1.78. The highest BCUT2D eigenvalue weighted by molar-refractivity contribution is 6.43. The summed E-state index contributed by atoms with van der Waals surface area (Å²) in [6.45, 7) is 1.98. The number of aryl methyl sites for hydroxylation is 1. The fraction of sp³-hybridized carbons (Fsp3) is 0.118. The van der Waals surface area contributed by atoms with Crippen LogP contribution < -0.4 is 10.6 Å². The minimum absolute atomic E-state index is 0.236. The molecule has 0 fully saturated rings. The third-order valence-electron chi connectivity index (χ3n) is 3.29. The van der Waals surface area contributed by atoms with Gasteiger partial charge in [0.25, 0.3) is 5.91 Å². The number of nitrogens with zero attached hydrogens (tertiary/aromatic N) is 2. The largest absolute Gasteiger partial charge is 0.467 e. The molecular weight excluding hydrogens is 363 g/mol. The first-order valence-corrected chi connectivity index (χ1v) is 8.16. The zero-order chi connectivity index (χ0) is 17.8. The normalized spacial score (nSPS) is 10.5. The number of carbonyl (C=O) groups is 1. The number of benzene rings is 1. The second-order valence-electron chi connectivity index (χ2n) is 5.17. The summed E-state index contributed by atoms with van der Waals surface area (Å²) >= 11 is 12.2. The first kappa shape index (κ1) is 17.3. The minimum Gasteiger partial charge on any atom is -0.467 e. The quantitative estimate of drug-likeness (QED) is 0.691. The van der Waals surface area contributed by atoms with Gasteiger partial charge < -0.3 is 15.1 Å². The van der Waals surface area contributed by atoms with Crippen LogP contribution in [0, 0.1) is 6.92 Å². The van der Waals surface area contributed by atoms with Crippen molar-refractivity contribution in [3.8, 4) is 0 Å². The van der Waals surface area contributed by atoms with Crippen LogP contribution in [0.2, 0.25) is 10.0 Å². The Kier molecular flexibility index (Phi) is 5.21. The summed E-state index contributed by atoms with van der Waals surface area (Å²) in [5.41, 5.74) is 0.828. The molecule has 0 saturated carbocycles. The summed E-state index contributed by atoms with van der Waals surface area (Å²) in [5, 5.41) is 6.60. The predicted octanol–water partition coefficient (Wildman–Crippen LogP) is 4.36. The highest BCUT2D eigenvalue weighted by atomic mass is 35.5. The standard InChI is InChI=1S/C17H14Cl2N4O2/c1-10-21-14(17(24)20-9-11-4-3-7-25-11)8-15(22-10)23-13-6-2-5-12(18)16(13)19/h2-8H,9H2,1H3,(H,20,24)(H,21,22,23). The third kappa shape index (κ3) is 4.29. The van der Waals surface area contributed by atoms with Crippen molar-refractivity contribution in [3.63, 3.8) is 0 Å². The molecule has 0 unspecified atom stereocenters. The first-order chi connectivity index (χ1) is 12.0. The summed E-state index contributed by atoms with van der Waals surface area (Å²) in [7, 11) is 0. The van der Waals surface area contributed by atoms with Gasteiger partial charge in [-0.05, 0) is 31.2 Å². The van der Waals surface area contributed by atoms with Crippen LogP contribution in [-0.4, -0.2) is 15.9 Å². The zero-order valence-corrected chi connectivity index (χ0v) is 14.7. The molecule has 1 aromatic carbocycles. The van der Waals surface area contributed by atoms with Gasteiger partial charge in [-0.1, -0.05) is 29.3 Å². The summed E-state index contributed by atoms with van der Waals surface area (Å²) in [4.78, 5) is 20.7. The fourth-order valence-corrected chi connectivity index (χ4v) is 2.51. The second kappa shape index (κ2) is 7.55. The number of anilines is 2. The Morgan fingerprint density at radius 3 is 2.80 bits per heavy atom. The predicted molar refractivity (Wildman–Crippen MR) is 96.4 cm³/mol. The number of hydrogen-bond acceptors (Lipinski definition) is 5. The van der Waals surface area contributed by atoms with E-state index in [1.165, 1.54) is 0 Å². The maximum atomic E-state index is 12.3. The number of hydrogen-bond donors (Lipinski definition) is 2. The number of furan rings is 1. The molecule has 0 atom stereocenters. The van der Waals surface area contributed by atoms with Crippen LogP contribution in [-0.2, 0) is 6.54 Å². The molecule has 2 heterocycles. The molecule has 0 radical (unpaired) electrons. The molecule has 0 saturated heterocycles. The van der Waals surface area contributed by atoms with Gasteiger partial charge in [0.2, 0.25) is 0 Å². The smallest absolute Gasteiger partial charge is 0.270 e. The van der Waals surface area contributed by atoms with Gasteiger partial charge in [0.15, 0.2) is 0 Å². The number of amides is 1. The van der Waals surface area contributed by atoms with Gasteiger partial charge in [-0.25, -0.2) is 9.97 Å². The molecule has 2 aromatic heterocycles. The molecule has 0 aliphatic rings. The molecule has 0 bridgehead atoms. The minimum atomic E-state index is -0.331. The van der Waals surface area contributed by atoms with Crippen molar-refractivity contribution in [3.05, 3.63) is 70.0 Å².